The first kappa shape index (κ1) is 12.6. The summed E-state index contributed by atoms with van der Waals surface area (Å²) in [5.41, 5.74) is 0. The lowest BCUT2D eigenvalue weighted by atomic mass is 10.2. The Morgan fingerprint density at radius 2 is 2.24 bits per heavy atom. The molecule has 0 aliphatic carbocycles. The van der Waals surface area contributed by atoms with Gasteiger partial charge in [-0.2, -0.15) is 0 Å². The summed E-state index contributed by atoms with van der Waals surface area (Å²) >= 11 is 5.35. The second-order valence-electron chi connectivity index (χ2n) is 4.10. The number of anilines is 1. The van der Waals surface area contributed by atoms with E-state index in [1.807, 2.05) is 23.5 Å². The number of halogens is 1. The lowest BCUT2D eigenvalue weighted by Crippen LogP contribution is -2.18. The van der Waals surface area contributed by atoms with Crippen molar-refractivity contribution in [1.29, 1.82) is 0 Å². The molecule has 2 nitrogen and oxygen atoms in total. The van der Waals surface area contributed by atoms with E-state index >= 15 is 0 Å². The van der Waals surface area contributed by atoms with Gasteiger partial charge in [0.05, 0.1) is 4.47 Å². The van der Waals surface area contributed by atoms with E-state index in [4.69, 9.17) is 0 Å². The van der Waals surface area contributed by atoms with Gasteiger partial charge in [-0.1, -0.05) is 0 Å². The molecular formula is C13H15BrN2S. The van der Waals surface area contributed by atoms with Gasteiger partial charge in [0, 0.05) is 28.4 Å². The maximum atomic E-state index is 4.31. The monoisotopic (exact) mass is 310 g/mol. The van der Waals surface area contributed by atoms with Crippen LogP contribution in [-0.4, -0.2) is 11.0 Å². The number of hydrogen-bond donors (Lipinski definition) is 1. The molecule has 1 atom stereocenters. The number of nitrogens with zero attached hydrogens (tertiary/aromatic N) is 1. The van der Waals surface area contributed by atoms with Gasteiger partial charge in [0.15, 0.2) is 0 Å². The van der Waals surface area contributed by atoms with Crippen molar-refractivity contribution in [2.45, 2.75) is 26.3 Å². The Hall–Kier alpha value is -0.870. The third-order valence-electron chi connectivity index (χ3n) is 2.44. The first-order valence-corrected chi connectivity index (χ1v) is 7.18. The molecule has 1 N–H and O–H groups in total. The second-order valence-corrected chi connectivity index (χ2v) is 6.32. The summed E-state index contributed by atoms with van der Waals surface area (Å²) in [5, 5.41) is 3.42. The first-order valence-electron chi connectivity index (χ1n) is 5.57. The molecule has 0 aromatic carbocycles. The lowest BCUT2D eigenvalue weighted by Gasteiger charge is -2.14. The van der Waals surface area contributed by atoms with Crippen LogP contribution in [0.2, 0.25) is 0 Å². The van der Waals surface area contributed by atoms with Gasteiger partial charge in [0.25, 0.3) is 0 Å². The molecule has 90 valence electrons. The molecular weight excluding hydrogens is 296 g/mol. The Labute approximate surface area is 114 Å². The van der Waals surface area contributed by atoms with Crippen LogP contribution in [0.1, 0.15) is 16.7 Å². The molecule has 2 aromatic rings. The van der Waals surface area contributed by atoms with Crippen LogP contribution in [-0.2, 0) is 6.42 Å². The smallest absolute Gasteiger partial charge is 0.140 e. The molecule has 2 heterocycles. The highest BCUT2D eigenvalue weighted by atomic mass is 79.9. The summed E-state index contributed by atoms with van der Waals surface area (Å²) in [4.78, 5) is 7.09. The van der Waals surface area contributed by atoms with Gasteiger partial charge in [-0.25, -0.2) is 4.98 Å². The third kappa shape index (κ3) is 3.54. The van der Waals surface area contributed by atoms with Crippen LogP contribution in [0.15, 0.2) is 34.9 Å². The van der Waals surface area contributed by atoms with Crippen molar-refractivity contribution in [3.63, 3.8) is 0 Å². The molecule has 2 aromatic heterocycles. The molecule has 0 fully saturated rings. The van der Waals surface area contributed by atoms with Crippen LogP contribution >= 0.6 is 27.3 Å². The van der Waals surface area contributed by atoms with Gasteiger partial charge in [-0.15, -0.1) is 11.3 Å². The number of hydrogen-bond acceptors (Lipinski definition) is 3. The minimum atomic E-state index is 0.374. The highest BCUT2D eigenvalue weighted by Gasteiger charge is 2.07. The Kier molecular flexibility index (Phi) is 4.18. The van der Waals surface area contributed by atoms with E-state index in [9.17, 15) is 0 Å². The normalized spacial score (nSPS) is 12.4. The summed E-state index contributed by atoms with van der Waals surface area (Å²) in [6, 6.07) is 8.66. The molecule has 1 unspecified atom stereocenters. The van der Waals surface area contributed by atoms with Gasteiger partial charge >= 0.3 is 0 Å². The van der Waals surface area contributed by atoms with Crippen LogP contribution < -0.4 is 5.32 Å². The number of nitrogens with one attached hydrogen (secondary N) is 1. The summed E-state index contributed by atoms with van der Waals surface area (Å²) in [6.45, 7) is 4.32. The maximum absolute atomic E-state index is 4.31. The second kappa shape index (κ2) is 5.65. The Bertz CT molecular complexity index is 496. The lowest BCUT2D eigenvalue weighted by molar-refractivity contribution is 0.793. The minimum absolute atomic E-state index is 0.374. The van der Waals surface area contributed by atoms with Crippen molar-refractivity contribution in [2.75, 3.05) is 5.32 Å². The van der Waals surface area contributed by atoms with Gasteiger partial charge in [-0.05, 0) is 54.0 Å². The molecule has 0 aliphatic heterocycles. The highest BCUT2D eigenvalue weighted by molar-refractivity contribution is 9.10. The molecule has 0 bridgehead atoms. The van der Waals surface area contributed by atoms with Crippen molar-refractivity contribution >= 4 is 33.1 Å². The molecule has 4 heteroatoms. The first-order chi connectivity index (χ1) is 8.15. The fourth-order valence-electron chi connectivity index (χ4n) is 1.67. The van der Waals surface area contributed by atoms with Gasteiger partial charge in [-0.3, -0.25) is 0 Å². The highest BCUT2D eigenvalue weighted by Crippen LogP contribution is 2.21. The van der Waals surface area contributed by atoms with E-state index in [0.29, 0.717) is 6.04 Å². The molecule has 2 rings (SSSR count). The maximum Gasteiger partial charge on any atom is 0.140 e. The molecule has 0 radical (unpaired) electrons. The van der Waals surface area contributed by atoms with Crippen LogP contribution in [0, 0.1) is 6.92 Å². The van der Waals surface area contributed by atoms with Gasteiger partial charge in [0.1, 0.15) is 5.82 Å². The fourth-order valence-corrected chi connectivity index (χ4v) is 3.06. The van der Waals surface area contributed by atoms with Crippen molar-refractivity contribution in [3.05, 3.63) is 44.7 Å². The predicted molar refractivity (Wildman–Crippen MR) is 77.8 cm³/mol. The molecule has 0 saturated heterocycles. The van der Waals surface area contributed by atoms with Gasteiger partial charge in [0.2, 0.25) is 0 Å². The average Bonchev–Trinajstić information content (AvgIpc) is 2.67. The Balaban J connectivity index is 1.98. The Morgan fingerprint density at radius 1 is 1.41 bits per heavy atom. The van der Waals surface area contributed by atoms with Crippen molar-refractivity contribution in [1.82, 2.24) is 4.98 Å². The molecule has 0 spiro atoms. The zero-order valence-electron chi connectivity index (χ0n) is 9.90. The molecule has 0 amide bonds. The summed E-state index contributed by atoms with van der Waals surface area (Å²) in [7, 11) is 0. The SMILES string of the molecule is Cc1ccc(CC(C)Nc2ncccc2Br)s1. The van der Waals surface area contributed by atoms with Crippen molar-refractivity contribution < 1.29 is 0 Å². The van der Waals surface area contributed by atoms with E-state index in [0.717, 1.165) is 16.7 Å². The zero-order chi connectivity index (χ0) is 12.3. The summed E-state index contributed by atoms with van der Waals surface area (Å²) in [6.07, 6.45) is 2.83. The zero-order valence-corrected chi connectivity index (χ0v) is 12.3. The van der Waals surface area contributed by atoms with Crippen LogP contribution in [0.3, 0.4) is 0 Å². The van der Waals surface area contributed by atoms with E-state index in [1.54, 1.807) is 6.20 Å². The number of thiophene rings is 1. The quantitative estimate of drug-likeness (QED) is 0.912. The fraction of sp³-hybridized carbons (Fsp3) is 0.308. The molecule has 0 aliphatic rings. The van der Waals surface area contributed by atoms with Crippen LogP contribution in [0.25, 0.3) is 0 Å². The summed E-state index contributed by atoms with van der Waals surface area (Å²) in [5.74, 6) is 0.910. The van der Waals surface area contributed by atoms with E-state index in [1.165, 1.54) is 9.75 Å². The number of pyridine rings is 1. The number of rotatable bonds is 4. The molecule has 17 heavy (non-hydrogen) atoms. The Morgan fingerprint density at radius 3 is 2.88 bits per heavy atom. The third-order valence-corrected chi connectivity index (χ3v) is 4.11. The van der Waals surface area contributed by atoms with E-state index in [-0.39, 0.29) is 0 Å². The average molecular weight is 311 g/mol. The van der Waals surface area contributed by atoms with E-state index < -0.39 is 0 Å². The van der Waals surface area contributed by atoms with Crippen LogP contribution in [0.5, 0.6) is 0 Å². The molecule has 0 saturated carbocycles. The number of aryl methyl sites for hydroxylation is 1. The van der Waals surface area contributed by atoms with Crippen molar-refractivity contribution in [3.8, 4) is 0 Å². The standard InChI is InChI=1S/C13H15BrN2S/c1-9(8-11-6-5-10(2)17-11)16-13-12(14)4-3-7-15-13/h3-7,9H,8H2,1-2H3,(H,15,16). The van der Waals surface area contributed by atoms with Crippen LogP contribution in [0.4, 0.5) is 5.82 Å². The van der Waals surface area contributed by atoms with Gasteiger partial charge < -0.3 is 5.32 Å². The summed E-state index contributed by atoms with van der Waals surface area (Å²) < 4.78 is 1.01. The van der Waals surface area contributed by atoms with E-state index in [2.05, 4.69) is 52.2 Å². The largest absolute Gasteiger partial charge is 0.366 e. The van der Waals surface area contributed by atoms with Crippen molar-refractivity contribution in [2.24, 2.45) is 0 Å². The topological polar surface area (TPSA) is 24.9 Å². The number of aromatic nitrogens is 1. The minimum Gasteiger partial charge on any atom is -0.366 e. The predicted octanol–water partition coefficient (Wildman–Crippen LogP) is 4.26.